The first-order valence-corrected chi connectivity index (χ1v) is 10.2. The first-order valence-electron chi connectivity index (χ1n) is 7.93. The maximum absolute atomic E-state index is 12.2. The number of hydrogen-bond donors (Lipinski definition) is 2. The topological polar surface area (TPSA) is 101 Å². The number of anilines is 1. The van der Waals surface area contributed by atoms with Gasteiger partial charge < -0.3 is 0 Å². The van der Waals surface area contributed by atoms with Gasteiger partial charge in [-0.05, 0) is 44.0 Å². The van der Waals surface area contributed by atoms with Gasteiger partial charge in [-0.2, -0.15) is 0 Å². The summed E-state index contributed by atoms with van der Waals surface area (Å²) in [5.74, 6) is 0.110. The zero-order valence-electron chi connectivity index (χ0n) is 14.6. The van der Waals surface area contributed by atoms with Crippen molar-refractivity contribution in [1.29, 1.82) is 0 Å². The Hall–Kier alpha value is -1.84. The van der Waals surface area contributed by atoms with Gasteiger partial charge in [-0.1, -0.05) is 25.2 Å². The molecule has 0 spiro atoms. The van der Waals surface area contributed by atoms with E-state index in [1.165, 1.54) is 35.6 Å². The van der Waals surface area contributed by atoms with Gasteiger partial charge in [-0.25, -0.2) is 13.1 Å². The molecule has 1 amide bonds. The summed E-state index contributed by atoms with van der Waals surface area (Å²) in [6.07, 6.45) is 0.808. The maximum atomic E-state index is 12.2. The molecule has 136 valence electrons. The van der Waals surface area contributed by atoms with Crippen LogP contribution in [-0.4, -0.2) is 30.6 Å². The van der Waals surface area contributed by atoms with Gasteiger partial charge in [0.05, 0.1) is 4.90 Å². The van der Waals surface area contributed by atoms with Crippen molar-refractivity contribution in [2.24, 2.45) is 5.92 Å². The van der Waals surface area contributed by atoms with E-state index in [9.17, 15) is 13.2 Å². The average molecular weight is 383 g/mol. The van der Waals surface area contributed by atoms with E-state index >= 15 is 0 Å². The zero-order chi connectivity index (χ0) is 18.6. The molecular weight excluding hydrogens is 360 g/mol. The van der Waals surface area contributed by atoms with Crippen LogP contribution < -0.4 is 10.0 Å². The number of carbonyl (C=O) groups is 1. The van der Waals surface area contributed by atoms with Gasteiger partial charge in [0.2, 0.25) is 15.2 Å². The number of amides is 1. The van der Waals surface area contributed by atoms with E-state index < -0.39 is 10.0 Å². The number of nitrogens with zero attached hydrogens (tertiary/aromatic N) is 2. The van der Waals surface area contributed by atoms with Crippen molar-refractivity contribution in [1.82, 2.24) is 14.9 Å². The molecule has 25 heavy (non-hydrogen) atoms. The van der Waals surface area contributed by atoms with Crippen LogP contribution in [0.25, 0.3) is 0 Å². The van der Waals surface area contributed by atoms with Crippen LogP contribution in [0, 0.1) is 5.92 Å². The Balaban J connectivity index is 2.06. The van der Waals surface area contributed by atoms with E-state index in [1.807, 2.05) is 0 Å². The highest BCUT2D eigenvalue weighted by atomic mass is 32.2. The van der Waals surface area contributed by atoms with Crippen LogP contribution in [0.4, 0.5) is 5.13 Å². The highest BCUT2D eigenvalue weighted by Crippen LogP contribution is 2.19. The molecule has 0 saturated carbocycles. The summed E-state index contributed by atoms with van der Waals surface area (Å²) in [6.45, 7) is 7.66. The molecule has 2 aromatic rings. The van der Waals surface area contributed by atoms with Crippen LogP contribution in [0.5, 0.6) is 0 Å². The van der Waals surface area contributed by atoms with E-state index in [2.05, 4.69) is 34.1 Å². The third-order valence-corrected chi connectivity index (χ3v) is 5.62. The SMILES string of the molecule is CC(C)Cc1nnc(NC(=O)c2ccc(S(=O)(=O)NC(C)C)cc2)s1. The lowest BCUT2D eigenvalue weighted by molar-refractivity contribution is 0.102. The molecule has 0 bridgehead atoms. The van der Waals surface area contributed by atoms with E-state index in [0.29, 0.717) is 16.6 Å². The summed E-state index contributed by atoms with van der Waals surface area (Å²) in [4.78, 5) is 12.4. The van der Waals surface area contributed by atoms with Crippen molar-refractivity contribution in [2.75, 3.05) is 5.32 Å². The normalized spacial score (nSPS) is 11.9. The molecule has 0 fully saturated rings. The van der Waals surface area contributed by atoms with Gasteiger partial charge in [-0.15, -0.1) is 10.2 Å². The zero-order valence-corrected chi connectivity index (χ0v) is 16.2. The van der Waals surface area contributed by atoms with E-state index in [0.717, 1.165) is 11.4 Å². The first kappa shape index (κ1) is 19.5. The standard InChI is InChI=1S/C16H22N4O3S2/c1-10(2)9-14-18-19-16(24-14)17-15(21)12-5-7-13(8-6-12)25(22,23)20-11(3)4/h5-8,10-11,20H,9H2,1-4H3,(H,17,19,21). The van der Waals surface area contributed by atoms with Crippen LogP contribution in [0.2, 0.25) is 0 Å². The molecule has 1 aromatic carbocycles. The molecule has 0 saturated heterocycles. The Morgan fingerprint density at radius 1 is 1.12 bits per heavy atom. The lowest BCUT2D eigenvalue weighted by atomic mass is 10.1. The maximum Gasteiger partial charge on any atom is 0.257 e. The molecule has 2 N–H and O–H groups in total. The molecule has 0 aliphatic heterocycles. The minimum absolute atomic E-state index is 0.118. The van der Waals surface area contributed by atoms with Crippen LogP contribution in [0.1, 0.15) is 43.1 Å². The molecule has 1 aromatic heterocycles. The quantitative estimate of drug-likeness (QED) is 0.767. The molecule has 0 aliphatic carbocycles. The number of benzene rings is 1. The van der Waals surface area contributed by atoms with E-state index in [4.69, 9.17) is 0 Å². The third-order valence-electron chi connectivity index (χ3n) is 3.09. The Labute approximate surface area is 151 Å². The Morgan fingerprint density at radius 3 is 2.32 bits per heavy atom. The number of nitrogens with one attached hydrogen (secondary N) is 2. The van der Waals surface area contributed by atoms with Crippen molar-refractivity contribution in [3.05, 3.63) is 34.8 Å². The molecule has 2 rings (SSSR count). The van der Waals surface area contributed by atoms with Gasteiger partial charge >= 0.3 is 0 Å². The van der Waals surface area contributed by atoms with E-state index in [1.54, 1.807) is 13.8 Å². The highest BCUT2D eigenvalue weighted by Gasteiger charge is 2.16. The molecular formula is C16H22N4O3S2. The molecule has 0 unspecified atom stereocenters. The van der Waals surface area contributed by atoms with Crippen molar-refractivity contribution >= 4 is 32.4 Å². The third kappa shape index (κ3) is 5.58. The fraction of sp³-hybridized carbons (Fsp3) is 0.438. The van der Waals surface area contributed by atoms with Crippen molar-refractivity contribution in [3.63, 3.8) is 0 Å². The summed E-state index contributed by atoms with van der Waals surface area (Å²) in [6, 6.07) is 5.56. The number of rotatable bonds is 7. The minimum Gasteiger partial charge on any atom is -0.296 e. The summed E-state index contributed by atoms with van der Waals surface area (Å²) in [7, 11) is -3.57. The first-order chi connectivity index (χ1) is 11.7. The summed E-state index contributed by atoms with van der Waals surface area (Å²) >= 11 is 1.34. The second kappa shape index (κ2) is 8.03. The Kier molecular flexibility index (Phi) is 6.26. The minimum atomic E-state index is -3.57. The predicted octanol–water partition coefficient (Wildman–Crippen LogP) is 2.68. The summed E-state index contributed by atoms with van der Waals surface area (Å²) in [5, 5.41) is 12.0. The van der Waals surface area contributed by atoms with Crippen LogP contribution in [0.15, 0.2) is 29.2 Å². The number of aromatic nitrogens is 2. The van der Waals surface area contributed by atoms with E-state index in [-0.39, 0.29) is 16.8 Å². The van der Waals surface area contributed by atoms with Crippen molar-refractivity contribution < 1.29 is 13.2 Å². The Bertz CT molecular complexity index is 827. The van der Waals surface area contributed by atoms with Gasteiger partial charge in [0.15, 0.2) is 0 Å². The second-order valence-corrected chi connectivity index (χ2v) is 9.13. The van der Waals surface area contributed by atoms with Gasteiger partial charge in [0, 0.05) is 18.0 Å². The second-order valence-electron chi connectivity index (χ2n) is 6.35. The van der Waals surface area contributed by atoms with Crippen LogP contribution >= 0.6 is 11.3 Å². The van der Waals surface area contributed by atoms with Crippen LogP contribution in [-0.2, 0) is 16.4 Å². The Morgan fingerprint density at radius 2 is 1.76 bits per heavy atom. The van der Waals surface area contributed by atoms with Crippen LogP contribution in [0.3, 0.4) is 0 Å². The molecule has 1 heterocycles. The fourth-order valence-electron chi connectivity index (χ4n) is 2.07. The molecule has 0 atom stereocenters. The van der Waals surface area contributed by atoms with Gasteiger partial charge in [0.1, 0.15) is 5.01 Å². The van der Waals surface area contributed by atoms with Gasteiger partial charge in [-0.3, -0.25) is 10.1 Å². The monoisotopic (exact) mass is 382 g/mol. The van der Waals surface area contributed by atoms with Crippen molar-refractivity contribution in [3.8, 4) is 0 Å². The lowest BCUT2D eigenvalue weighted by Crippen LogP contribution is -2.30. The summed E-state index contributed by atoms with van der Waals surface area (Å²) in [5.41, 5.74) is 0.351. The lowest BCUT2D eigenvalue weighted by Gasteiger charge is -2.09. The van der Waals surface area contributed by atoms with Crippen molar-refractivity contribution in [2.45, 2.75) is 45.1 Å². The number of hydrogen-bond acceptors (Lipinski definition) is 6. The molecule has 0 aliphatic rings. The highest BCUT2D eigenvalue weighted by molar-refractivity contribution is 7.89. The average Bonchev–Trinajstić information content (AvgIpc) is 2.92. The smallest absolute Gasteiger partial charge is 0.257 e. The fourth-order valence-corrected chi connectivity index (χ4v) is 4.27. The largest absolute Gasteiger partial charge is 0.296 e. The van der Waals surface area contributed by atoms with Gasteiger partial charge in [0.25, 0.3) is 5.91 Å². The molecule has 7 nitrogen and oxygen atoms in total. The number of sulfonamides is 1. The predicted molar refractivity (Wildman–Crippen MR) is 98.3 cm³/mol. The molecule has 0 radical (unpaired) electrons. The molecule has 9 heteroatoms. The summed E-state index contributed by atoms with van der Waals surface area (Å²) < 4.78 is 26.7. The number of carbonyl (C=O) groups excluding carboxylic acids is 1.